The molecule has 1 rings (SSSR count). The van der Waals surface area contributed by atoms with Gasteiger partial charge in [0.15, 0.2) is 9.84 Å². The Balaban J connectivity index is 0.00000441. The van der Waals surface area contributed by atoms with Gasteiger partial charge in [0, 0.05) is 11.7 Å². The van der Waals surface area contributed by atoms with E-state index in [1.54, 1.807) is 52.0 Å². The number of hydrogen-bond donors (Lipinski definition) is 2. The number of halogens is 1. The van der Waals surface area contributed by atoms with Gasteiger partial charge in [-0.1, -0.05) is 19.1 Å². The van der Waals surface area contributed by atoms with Crippen LogP contribution in [0.2, 0.25) is 0 Å². The number of hydrogen-bond acceptors (Lipinski definition) is 4. The van der Waals surface area contributed by atoms with Crippen LogP contribution in [-0.4, -0.2) is 25.6 Å². The predicted octanol–water partition coefficient (Wildman–Crippen LogP) is 2.35. The molecule has 0 fully saturated rings. The number of carbonyl (C=O) groups excluding carboxylic acids is 1. The van der Waals surface area contributed by atoms with Crippen molar-refractivity contribution in [1.29, 1.82) is 0 Å². The lowest BCUT2D eigenvalue weighted by Gasteiger charge is -2.16. The molecular weight excluding hydrogens is 324 g/mol. The van der Waals surface area contributed by atoms with Crippen molar-refractivity contribution >= 4 is 33.8 Å². The van der Waals surface area contributed by atoms with E-state index in [0.29, 0.717) is 11.3 Å². The number of nitrogens with one attached hydrogen (secondary N) is 1. The van der Waals surface area contributed by atoms with Gasteiger partial charge in [0.1, 0.15) is 0 Å². The van der Waals surface area contributed by atoms with E-state index in [9.17, 15) is 13.2 Å². The lowest BCUT2D eigenvalue weighted by atomic mass is 10.0. The first-order valence-corrected chi connectivity index (χ1v) is 8.72. The zero-order chi connectivity index (χ0) is 16.2. The van der Waals surface area contributed by atoms with Crippen molar-refractivity contribution in [3.05, 3.63) is 29.8 Å². The number of carbonyl (C=O) groups is 1. The summed E-state index contributed by atoms with van der Waals surface area (Å²) in [5.41, 5.74) is 6.95. The van der Waals surface area contributed by atoms with Crippen molar-refractivity contribution in [2.24, 2.45) is 11.7 Å². The Morgan fingerprint density at radius 2 is 1.82 bits per heavy atom. The molecule has 0 radical (unpaired) electrons. The maximum absolute atomic E-state index is 11.9. The highest BCUT2D eigenvalue weighted by atomic mass is 35.5. The van der Waals surface area contributed by atoms with Gasteiger partial charge in [-0.05, 0) is 38.5 Å². The van der Waals surface area contributed by atoms with Crippen molar-refractivity contribution in [1.82, 2.24) is 0 Å². The van der Waals surface area contributed by atoms with Gasteiger partial charge in [-0.25, -0.2) is 8.42 Å². The van der Waals surface area contributed by atoms with E-state index in [4.69, 9.17) is 5.73 Å². The van der Waals surface area contributed by atoms with E-state index in [2.05, 4.69) is 5.32 Å². The van der Waals surface area contributed by atoms with E-state index >= 15 is 0 Å². The fourth-order valence-electron chi connectivity index (χ4n) is 1.63. The number of rotatable bonds is 6. The predicted molar refractivity (Wildman–Crippen MR) is 92.9 cm³/mol. The second kappa shape index (κ2) is 8.50. The van der Waals surface area contributed by atoms with E-state index < -0.39 is 15.1 Å². The monoisotopic (exact) mass is 348 g/mol. The van der Waals surface area contributed by atoms with Gasteiger partial charge in [-0.3, -0.25) is 4.79 Å². The van der Waals surface area contributed by atoms with Gasteiger partial charge < -0.3 is 11.1 Å². The first kappa shape index (κ1) is 20.9. The molecule has 126 valence electrons. The summed E-state index contributed by atoms with van der Waals surface area (Å²) in [6.45, 7) is 6.85. The fraction of sp³-hybridized carbons (Fsp3) is 0.533. The van der Waals surface area contributed by atoms with Gasteiger partial charge in [0.05, 0.1) is 16.9 Å². The zero-order valence-electron chi connectivity index (χ0n) is 13.4. The van der Waals surface area contributed by atoms with Gasteiger partial charge in [-0.2, -0.15) is 0 Å². The third kappa shape index (κ3) is 5.94. The Hall–Kier alpha value is -1.11. The molecule has 0 heterocycles. The number of sulfone groups is 1. The molecule has 1 aromatic carbocycles. The quantitative estimate of drug-likeness (QED) is 0.825. The summed E-state index contributed by atoms with van der Waals surface area (Å²) in [7, 11) is -3.16. The van der Waals surface area contributed by atoms with Crippen molar-refractivity contribution < 1.29 is 13.2 Å². The van der Waals surface area contributed by atoms with Crippen molar-refractivity contribution in [3.63, 3.8) is 0 Å². The van der Waals surface area contributed by atoms with E-state index in [-0.39, 0.29) is 36.0 Å². The summed E-state index contributed by atoms with van der Waals surface area (Å²) >= 11 is 0. The summed E-state index contributed by atoms with van der Waals surface area (Å²) < 4.78 is 23.9. The third-order valence-electron chi connectivity index (χ3n) is 3.48. The van der Waals surface area contributed by atoms with Gasteiger partial charge in [0.25, 0.3) is 0 Å². The van der Waals surface area contributed by atoms with E-state index in [1.165, 1.54) is 0 Å². The van der Waals surface area contributed by atoms with Crippen LogP contribution in [0.15, 0.2) is 24.3 Å². The minimum Gasteiger partial charge on any atom is -0.327 e. The van der Waals surface area contributed by atoms with Gasteiger partial charge in [0.2, 0.25) is 5.91 Å². The Morgan fingerprint density at radius 3 is 2.32 bits per heavy atom. The number of anilines is 1. The summed E-state index contributed by atoms with van der Waals surface area (Å²) in [4.78, 5) is 11.9. The summed E-state index contributed by atoms with van der Waals surface area (Å²) in [5, 5.41) is 2.34. The number of nitrogens with two attached hydrogens (primary N) is 1. The molecule has 2 unspecified atom stereocenters. The first-order chi connectivity index (χ1) is 9.63. The lowest BCUT2D eigenvalue weighted by molar-refractivity contribution is -0.119. The molecular formula is C15H25ClN2O3S. The fourth-order valence-corrected chi connectivity index (χ4v) is 2.61. The Labute approximate surface area is 139 Å². The normalized spacial score (nSPS) is 14.1. The van der Waals surface area contributed by atoms with Crippen LogP contribution in [0.25, 0.3) is 0 Å². The summed E-state index contributed by atoms with van der Waals surface area (Å²) in [6, 6.07) is 6.65. The smallest absolute Gasteiger partial charge is 0.228 e. The minimum absolute atomic E-state index is 0. The molecule has 0 aliphatic heterocycles. The molecule has 0 aromatic heterocycles. The molecule has 1 aromatic rings. The molecule has 3 N–H and O–H groups in total. The van der Waals surface area contributed by atoms with Crippen LogP contribution in [0.5, 0.6) is 0 Å². The van der Waals surface area contributed by atoms with Gasteiger partial charge >= 0.3 is 0 Å². The van der Waals surface area contributed by atoms with Crippen LogP contribution in [-0.2, 0) is 20.4 Å². The second-order valence-corrected chi connectivity index (χ2v) is 8.25. The summed E-state index contributed by atoms with van der Waals surface area (Å²) in [6.07, 6.45) is 0. The topological polar surface area (TPSA) is 89.3 Å². The maximum Gasteiger partial charge on any atom is 0.228 e. The SMILES string of the molecule is CC(N)C(C)C(=O)Nc1cccc(CS(=O)(=O)C(C)C)c1.Cl. The molecule has 0 aliphatic carbocycles. The maximum atomic E-state index is 11.9. The highest BCUT2D eigenvalue weighted by molar-refractivity contribution is 7.91. The van der Waals surface area contributed by atoms with Crippen LogP contribution in [0.3, 0.4) is 0 Å². The van der Waals surface area contributed by atoms with E-state index in [1.807, 2.05) is 0 Å². The average molecular weight is 349 g/mol. The third-order valence-corrected chi connectivity index (χ3v) is 5.66. The van der Waals surface area contributed by atoms with Crippen LogP contribution in [0.4, 0.5) is 5.69 Å². The zero-order valence-corrected chi connectivity index (χ0v) is 15.0. The Bertz CT molecular complexity index is 601. The Morgan fingerprint density at radius 1 is 1.23 bits per heavy atom. The largest absolute Gasteiger partial charge is 0.327 e. The Kier molecular flexibility index (Phi) is 8.07. The average Bonchev–Trinajstić information content (AvgIpc) is 2.37. The van der Waals surface area contributed by atoms with Crippen molar-refractivity contribution in [2.45, 2.75) is 44.7 Å². The molecule has 7 heteroatoms. The molecule has 0 bridgehead atoms. The second-order valence-electron chi connectivity index (χ2n) is 5.69. The summed E-state index contributed by atoms with van der Waals surface area (Å²) in [5.74, 6) is -0.515. The molecule has 0 saturated carbocycles. The van der Waals surface area contributed by atoms with Crippen molar-refractivity contribution in [2.75, 3.05) is 5.32 Å². The molecule has 2 atom stereocenters. The highest BCUT2D eigenvalue weighted by Crippen LogP contribution is 2.16. The minimum atomic E-state index is -3.16. The lowest BCUT2D eigenvalue weighted by Crippen LogP contribution is -2.34. The van der Waals surface area contributed by atoms with Crippen molar-refractivity contribution in [3.8, 4) is 0 Å². The van der Waals surface area contributed by atoms with Crippen LogP contribution < -0.4 is 11.1 Å². The van der Waals surface area contributed by atoms with Crippen LogP contribution in [0, 0.1) is 5.92 Å². The van der Waals surface area contributed by atoms with Crippen LogP contribution in [0.1, 0.15) is 33.3 Å². The number of benzene rings is 1. The molecule has 5 nitrogen and oxygen atoms in total. The molecule has 0 spiro atoms. The molecule has 0 saturated heterocycles. The van der Waals surface area contributed by atoms with Gasteiger partial charge in [-0.15, -0.1) is 12.4 Å². The first-order valence-electron chi connectivity index (χ1n) is 7.00. The number of amides is 1. The van der Waals surface area contributed by atoms with Crippen LogP contribution >= 0.6 is 12.4 Å². The van der Waals surface area contributed by atoms with E-state index in [0.717, 1.165) is 0 Å². The molecule has 1 amide bonds. The molecule has 22 heavy (non-hydrogen) atoms. The standard InChI is InChI=1S/C15H24N2O3S.ClH/c1-10(2)21(19,20)9-13-6-5-7-14(8-13)17-15(18)11(3)12(4)16;/h5-8,10-12H,9,16H2,1-4H3,(H,17,18);1H. The molecule has 0 aliphatic rings. The highest BCUT2D eigenvalue weighted by Gasteiger charge is 2.19.